The topological polar surface area (TPSA) is 12.5 Å². The molecule has 2 heteroatoms. The molecule has 0 N–H and O–H groups in total. The fourth-order valence-electron chi connectivity index (χ4n) is 2.61. The first-order valence-electron chi connectivity index (χ1n) is 7.06. The van der Waals surface area contributed by atoms with Crippen LogP contribution in [0.2, 0.25) is 0 Å². The van der Waals surface area contributed by atoms with E-state index in [0.717, 1.165) is 13.0 Å². The number of ether oxygens (including phenoxy) is 1. The Morgan fingerprint density at radius 2 is 1.56 bits per heavy atom. The molecule has 0 aromatic rings. The molecule has 1 aliphatic rings. The van der Waals surface area contributed by atoms with E-state index >= 15 is 0 Å². The molecular weight excluding hydrogens is 198 g/mol. The molecule has 1 rings (SSSR count). The Kier molecular flexibility index (Phi) is 8.96. The zero-order valence-corrected chi connectivity index (χ0v) is 12.1. The van der Waals surface area contributed by atoms with Crippen LogP contribution in [0.15, 0.2) is 0 Å². The van der Waals surface area contributed by atoms with E-state index in [1.807, 2.05) is 13.8 Å². The van der Waals surface area contributed by atoms with Gasteiger partial charge in [0.25, 0.3) is 0 Å². The van der Waals surface area contributed by atoms with Crippen molar-refractivity contribution in [1.29, 1.82) is 0 Å². The molecular formula is C14H31NO. The van der Waals surface area contributed by atoms with Crippen LogP contribution >= 0.6 is 0 Å². The minimum absolute atomic E-state index is 0.503. The Bertz CT molecular complexity index is 149. The average molecular weight is 229 g/mol. The number of rotatable bonds is 4. The van der Waals surface area contributed by atoms with Gasteiger partial charge in [0.1, 0.15) is 0 Å². The Labute approximate surface area is 102 Å². The third-order valence-corrected chi connectivity index (χ3v) is 3.26. The smallest absolute Gasteiger partial charge is 0.0604 e. The summed E-state index contributed by atoms with van der Waals surface area (Å²) in [5.41, 5.74) is 0. The van der Waals surface area contributed by atoms with Crippen LogP contribution in [0.25, 0.3) is 0 Å². The molecule has 1 heterocycles. The van der Waals surface area contributed by atoms with E-state index in [1.54, 1.807) is 0 Å². The maximum atomic E-state index is 5.84. The van der Waals surface area contributed by atoms with Crippen molar-refractivity contribution in [2.24, 2.45) is 0 Å². The summed E-state index contributed by atoms with van der Waals surface area (Å²) in [6, 6.07) is 1.37. The van der Waals surface area contributed by atoms with Crippen molar-refractivity contribution >= 4 is 0 Å². The van der Waals surface area contributed by atoms with E-state index in [2.05, 4.69) is 32.6 Å². The molecule has 0 saturated carbocycles. The van der Waals surface area contributed by atoms with Crippen molar-refractivity contribution in [2.75, 3.05) is 13.2 Å². The molecule has 1 unspecified atom stereocenters. The van der Waals surface area contributed by atoms with Crippen LogP contribution < -0.4 is 0 Å². The van der Waals surface area contributed by atoms with E-state index in [0.29, 0.717) is 18.2 Å². The Balaban J connectivity index is 0.00000106. The number of hydrogen-bond donors (Lipinski definition) is 0. The lowest BCUT2D eigenvalue weighted by Crippen LogP contribution is -2.48. The molecule has 1 saturated heterocycles. The zero-order valence-electron chi connectivity index (χ0n) is 12.1. The molecule has 3 atom stereocenters. The maximum absolute atomic E-state index is 5.84. The molecule has 0 aliphatic carbocycles. The van der Waals surface area contributed by atoms with Crippen LogP contribution in [-0.4, -0.2) is 36.2 Å². The van der Waals surface area contributed by atoms with Crippen LogP contribution in [0.3, 0.4) is 0 Å². The zero-order chi connectivity index (χ0) is 12.6. The van der Waals surface area contributed by atoms with Gasteiger partial charge in [-0.25, -0.2) is 0 Å². The summed E-state index contributed by atoms with van der Waals surface area (Å²) >= 11 is 0. The molecule has 16 heavy (non-hydrogen) atoms. The van der Waals surface area contributed by atoms with Crippen molar-refractivity contribution in [1.82, 2.24) is 4.90 Å². The summed E-state index contributed by atoms with van der Waals surface area (Å²) < 4.78 is 5.84. The van der Waals surface area contributed by atoms with Crippen molar-refractivity contribution in [3.63, 3.8) is 0 Å². The van der Waals surface area contributed by atoms with Crippen molar-refractivity contribution in [2.45, 2.75) is 79.0 Å². The molecule has 0 radical (unpaired) electrons. The Morgan fingerprint density at radius 3 is 1.94 bits per heavy atom. The summed E-state index contributed by atoms with van der Waals surface area (Å²) in [7, 11) is 0. The van der Waals surface area contributed by atoms with Crippen LogP contribution in [-0.2, 0) is 4.74 Å². The van der Waals surface area contributed by atoms with Gasteiger partial charge in [0.2, 0.25) is 0 Å². The van der Waals surface area contributed by atoms with Crippen molar-refractivity contribution in [3.05, 3.63) is 0 Å². The van der Waals surface area contributed by atoms with Gasteiger partial charge >= 0.3 is 0 Å². The molecule has 0 amide bonds. The summed E-state index contributed by atoms with van der Waals surface area (Å²) in [6.07, 6.45) is 4.05. The molecule has 0 aromatic heterocycles. The molecule has 98 valence electrons. The van der Waals surface area contributed by atoms with Gasteiger partial charge in [0.15, 0.2) is 0 Å². The van der Waals surface area contributed by atoms with E-state index in [9.17, 15) is 0 Å². The molecule has 0 aromatic carbocycles. The molecule has 0 spiro atoms. The number of hydrogen-bond acceptors (Lipinski definition) is 2. The summed E-state index contributed by atoms with van der Waals surface area (Å²) in [6.45, 7) is 15.2. The van der Waals surface area contributed by atoms with Gasteiger partial charge in [-0.05, 0) is 39.7 Å². The number of piperidine rings is 1. The third kappa shape index (κ3) is 4.84. The first-order valence-corrected chi connectivity index (χ1v) is 7.06. The predicted molar refractivity (Wildman–Crippen MR) is 71.9 cm³/mol. The maximum Gasteiger partial charge on any atom is 0.0604 e. The van der Waals surface area contributed by atoms with Gasteiger partial charge in [-0.15, -0.1) is 0 Å². The highest BCUT2D eigenvalue weighted by atomic mass is 16.5. The number of likely N-dealkylation sites (tertiary alicyclic amines) is 1. The van der Waals surface area contributed by atoms with E-state index < -0.39 is 0 Å². The molecule has 1 aliphatic heterocycles. The van der Waals surface area contributed by atoms with E-state index in [1.165, 1.54) is 19.4 Å². The monoisotopic (exact) mass is 229 g/mol. The van der Waals surface area contributed by atoms with Gasteiger partial charge in [0, 0.05) is 18.7 Å². The predicted octanol–water partition coefficient (Wildman–Crippen LogP) is 3.70. The number of nitrogens with zero attached hydrogens (tertiary/aromatic N) is 1. The van der Waals surface area contributed by atoms with Crippen molar-refractivity contribution in [3.8, 4) is 0 Å². The Hall–Kier alpha value is -0.0800. The normalized spacial score (nSPS) is 30.8. The largest absolute Gasteiger partial charge is 0.378 e. The molecule has 2 nitrogen and oxygen atoms in total. The van der Waals surface area contributed by atoms with E-state index in [-0.39, 0.29) is 0 Å². The van der Waals surface area contributed by atoms with Gasteiger partial charge in [-0.3, -0.25) is 4.90 Å². The van der Waals surface area contributed by atoms with Gasteiger partial charge < -0.3 is 4.74 Å². The summed E-state index contributed by atoms with van der Waals surface area (Å²) in [4.78, 5) is 2.58. The van der Waals surface area contributed by atoms with Crippen molar-refractivity contribution < 1.29 is 4.74 Å². The average Bonchev–Trinajstić information content (AvgIpc) is 2.29. The minimum atomic E-state index is 0.503. The van der Waals surface area contributed by atoms with Crippen LogP contribution in [0.1, 0.15) is 60.8 Å². The minimum Gasteiger partial charge on any atom is -0.378 e. The standard InChI is InChI=1S/C12H25NO.C2H6/c1-5-7-14-12-8-10(3)13(6-2)11(4)9-12;1-2/h10-12H,5-9H2,1-4H3;1-2H3/t10-,11+,12?;. The lowest BCUT2D eigenvalue weighted by molar-refractivity contribution is -0.0316. The first kappa shape index (κ1) is 15.9. The second-order valence-electron chi connectivity index (χ2n) is 4.49. The lowest BCUT2D eigenvalue weighted by Gasteiger charge is -2.41. The SMILES string of the molecule is CC.CCCOC1C[C@@H](C)N(CC)[C@@H](C)C1. The highest BCUT2D eigenvalue weighted by Crippen LogP contribution is 2.24. The quantitative estimate of drug-likeness (QED) is 0.729. The van der Waals surface area contributed by atoms with Gasteiger partial charge in [-0.2, -0.15) is 0 Å². The second-order valence-corrected chi connectivity index (χ2v) is 4.49. The molecule has 1 fully saturated rings. The van der Waals surface area contributed by atoms with Gasteiger partial charge in [-0.1, -0.05) is 27.7 Å². The second kappa shape index (κ2) is 9.00. The van der Waals surface area contributed by atoms with E-state index in [4.69, 9.17) is 4.74 Å². The van der Waals surface area contributed by atoms with Crippen LogP contribution in [0.5, 0.6) is 0 Å². The summed E-state index contributed by atoms with van der Waals surface area (Å²) in [5.74, 6) is 0. The first-order chi connectivity index (χ1) is 7.69. The molecule has 0 bridgehead atoms. The highest BCUT2D eigenvalue weighted by Gasteiger charge is 2.29. The van der Waals surface area contributed by atoms with Crippen LogP contribution in [0, 0.1) is 0 Å². The fraction of sp³-hybridized carbons (Fsp3) is 1.00. The lowest BCUT2D eigenvalue weighted by atomic mass is 9.95. The Morgan fingerprint density at radius 1 is 1.06 bits per heavy atom. The fourth-order valence-corrected chi connectivity index (χ4v) is 2.61. The summed E-state index contributed by atoms with van der Waals surface area (Å²) in [5, 5.41) is 0. The van der Waals surface area contributed by atoms with Crippen LogP contribution in [0.4, 0.5) is 0 Å². The third-order valence-electron chi connectivity index (χ3n) is 3.26. The highest BCUT2D eigenvalue weighted by molar-refractivity contribution is 4.84. The van der Waals surface area contributed by atoms with Gasteiger partial charge in [0.05, 0.1) is 6.10 Å².